The van der Waals surface area contributed by atoms with E-state index in [9.17, 15) is 20.2 Å². The molecule has 8 heteroatoms. The molecule has 7 nitrogen and oxygen atoms in total. The van der Waals surface area contributed by atoms with Gasteiger partial charge in [0, 0.05) is 17.8 Å². The van der Waals surface area contributed by atoms with Crippen LogP contribution in [0.25, 0.3) is 6.08 Å². The summed E-state index contributed by atoms with van der Waals surface area (Å²) < 4.78 is 6.32. The minimum absolute atomic E-state index is 0.0121. The predicted molar refractivity (Wildman–Crippen MR) is 105 cm³/mol. The number of carbonyl (C=O) groups is 1. The topological polar surface area (TPSA) is 105 Å². The molecule has 2 aromatic rings. The number of rotatable bonds is 6. The van der Waals surface area contributed by atoms with Crippen LogP contribution in [0.1, 0.15) is 19.4 Å². The van der Waals surface area contributed by atoms with Gasteiger partial charge in [0.25, 0.3) is 11.6 Å². The lowest BCUT2D eigenvalue weighted by Gasteiger charge is -2.11. The van der Waals surface area contributed by atoms with Crippen molar-refractivity contribution < 1.29 is 14.5 Å². The van der Waals surface area contributed by atoms with Gasteiger partial charge in [-0.3, -0.25) is 14.9 Å². The molecule has 1 N–H and O–H groups in total. The van der Waals surface area contributed by atoms with E-state index in [1.165, 1.54) is 30.3 Å². The van der Waals surface area contributed by atoms with Gasteiger partial charge >= 0.3 is 0 Å². The molecule has 2 aromatic carbocycles. The Morgan fingerprint density at radius 1 is 1.33 bits per heavy atom. The molecule has 0 aromatic heterocycles. The zero-order valence-corrected chi connectivity index (χ0v) is 16.2. The molecule has 0 unspecified atom stereocenters. The van der Waals surface area contributed by atoms with Crippen LogP contribution in [0, 0.1) is 21.4 Å². The van der Waals surface area contributed by atoms with E-state index in [-0.39, 0.29) is 23.1 Å². The zero-order valence-electron chi connectivity index (χ0n) is 14.6. The number of amides is 1. The first kappa shape index (κ1) is 20.1. The Morgan fingerprint density at radius 3 is 2.67 bits per heavy atom. The first-order chi connectivity index (χ1) is 12.8. The highest BCUT2D eigenvalue weighted by Gasteiger charge is 2.13. The third kappa shape index (κ3) is 5.66. The number of nitro benzene ring substituents is 1. The summed E-state index contributed by atoms with van der Waals surface area (Å²) in [5.74, 6) is -0.00154. The summed E-state index contributed by atoms with van der Waals surface area (Å²) in [4.78, 5) is 22.6. The molecule has 0 heterocycles. The van der Waals surface area contributed by atoms with Crippen LogP contribution in [-0.4, -0.2) is 16.9 Å². The summed E-state index contributed by atoms with van der Waals surface area (Å²) in [5.41, 5.74) is 0.576. The van der Waals surface area contributed by atoms with Crippen molar-refractivity contribution in [1.29, 1.82) is 5.26 Å². The smallest absolute Gasteiger partial charge is 0.271 e. The summed E-state index contributed by atoms with van der Waals surface area (Å²) in [6.45, 7) is 3.82. The minimum Gasteiger partial charge on any atom is -0.490 e. The first-order valence-corrected chi connectivity index (χ1v) is 8.73. The quantitative estimate of drug-likeness (QED) is 0.310. The fourth-order valence-electron chi connectivity index (χ4n) is 2.17. The first-order valence-electron chi connectivity index (χ1n) is 7.94. The van der Waals surface area contributed by atoms with Gasteiger partial charge in [0.15, 0.2) is 0 Å². The molecular formula is C19H16BrN3O4. The molecular weight excluding hydrogens is 414 g/mol. The monoisotopic (exact) mass is 429 g/mol. The molecule has 1 amide bonds. The molecule has 27 heavy (non-hydrogen) atoms. The fraction of sp³-hybridized carbons (Fsp3) is 0.158. The second kappa shape index (κ2) is 8.96. The SMILES string of the molecule is CC(C)Oc1ccc(C=C(C#N)C(=O)Nc2cccc([N+](=O)[O-])c2)cc1Br. The largest absolute Gasteiger partial charge is 0.490 e. The highest BCUT2D eigenvalue weighted by Crippen LogP contribution is 2.28. The Balaban J connectivity index is 2.21. The molecule has 0 saturated carbocycles. The van der Waals surface area contributed by atoms with Crippen LogP contribution in [0.3, 0.4) is 0 Å². The van der Waals surface area contributed by atoms with E-state index in [2.05, 4.69) is 21.2 Å². The van der Waals surface area contributed by atoms with Crippen molar-refractivity contribution in [3.05, 3.63) is 68.2 Å². The Kier molecular flexibility index (Phi) is 6.68. The van der Waals surface area contributed by atoms with E-state index < -0.39 is 10.8 Å². The van der Waals surface area contributed by atoms with Crippen LogP contribution < -0.4 is 10.1 Å². The number of nitro groups is 1. The molecule has 0 radical (unpaired) electrons. The van der Waals surface area contributed by atoms with Crippen LogP contribution in [0.4, 0.5) is 11.4 Å². The van der Waals surface area contributed by atoms with Crippen molar-refractivity contribution in [2.75, 3.05) is 5.32 Å². The fourth-order valence-corrected chi connectivity index (χ4v) is 2.66. The average molecular weight is 430 g/mol. The zero-order chi connectivity index (χ0) is 20.0. The number of halogens is 1. The highest BCUT2D eigenvalue weighted by molar-refractivity contribution is 9.10. The third-order valence-corrected chi connectivity index (χ3v) is 3.93. The summed E-state index contributed by atoms with van der Waals surface area (Å²) in [5, 5.41) is 22.6. The van der Waals surface area contributed by atoms with E-state index in [1.807, 2.05) is 19.9 Å². The van der Waals surface area contributed by atoms with Crippen molar-refractivity contribution >= 4 is 39.3 Å². The highest BCUT2D eigenvalue weighted by atomic mass is 79.9. The lowest BCUT2D eigenvalue weighted by molar-refractivity contribution is -0.384. The van der Waals surface area contributed by atoms with Crippen molar-refractivity contribution in [2.24, 2.45) is 0 Å². The number of carbonyl (C=O) groups excluding carboxylic acids is 1. The van der Waals surface area contributed by atoms with E-state index in [1.54, 1.807) is 18.2 Å². The van der Waals surface area contributed by atoms with Gasteiger partial charge < -0.3 is 10.1 Å². The third-order valence-electron chi connectivity index (χ3n) is 3.31. The van der Waals surface area contributed by atoms with E-state index in [0.717, 1.165) is 0 Å². The lowest BCUT2D eigenvalue weighted by Crippen LogP contribution is -2.13. The number of nitrogens with zero attached hydrogens (tertiary/aromatic N) is 2. The molecule has 2 rings (SSSR count). The number of nitrogens with one attached hydrogen (secondary N) is 1. The molecule has 0 aliphatic carbocycles. The number of nitriles is 1. The van der Waals surface area contributed by atoms with Gasteiger partial charge in [0.05, 0.1) is 15.5 Å². The van der Waals surface area contributed by atoms with Gasteiger partial charge in [-0.2, -0.15) is 5.26 Å². The second-order valence-electron chi connectivity index (χ2n) is 5.79. The molecule has 0 atom stereocenters. The summed E-state index contributed by atoms with van der Waals surface area (Å²) >= 11 is 3.40. The van der Waals surface area contributed by atoms with Crippen LogP contribution >= 0.6 is 15.9 Å². The van der Waals surface area contributed by atoms with Gasteiger partial charge in [-0.1, -0.05) is 12.1 Å². The van der Waals surface area contributed by atoms with Gasteiger partial charge in [-0.15, -0.1) is 0 Å². The minimum atomic E-state index is -0.656. The van der Waals surface area contributed by atoms with Crippen molar-refractivity contribution in [2.45, 2.75) is 20.0 Å². The Labute approximate surface area is 164 Å². The van der Waals surface area contributed by atoms with Gasteiger partial charge in [-0.25, -0.2) is 0 Å². The Bertz CT molecular complexity index is 948. The van der Waals surface area contributed by atoms with Gasteiger partial charge in [0.2, 0.25) is 0 Å². The van der Waals surface area contributed by atoms with Crippen molar-refractivity contribution in [1.82, 2.24) is 0 Å². The van der Waals surface area contributed by atoms with Crippen molar-refractivity contribution in [3.63, 3.8) is 0 Å². The summed E-state index contributed by atoms with van der Waals surface area (Å²) in [7, 11) is 0. The maximum absolute atomic E-state index is 12.3. The lowest BCUT2D eigenvalue weighted by atomic mass is 10.1. The van der Waals surface area contributed by atoms with E-state index in [0.29, 0.717) is 15.8 Å². The summed E-state index contributed by atoms with van der Waals surface area (Å²) in [6, 6.07) is 12.5. The molecule has 0 aliphatic heterocycles. The molecule has 0 saturated heterocycles. The van der Waals surface area contributed by atoms with Crippen LogP contribution in [-0.2, 0) is 4.79 Å². The van der Waals surface area contributed by atoms with Crippen LogP contribution in [0.15, 0.2) is 52.5 Å². The Hall–Kier alpha value is -3.18. The number of ether oxygens (including phenoxy) is 1. The normalized spacial score (nSPS) is 11.0. The molecule has 138 valence electrons. The van der Waals surface area contributed by atoms with E-state index in [4.69, 9.17) is 4.74 Å². The molecule has 0 fully saturated rings. The van der Waals surface area contributed by atoms with Crippen molar-refractivity contribution in [3.8, 4) is 11.8 Å². The molecule has 0 bridgehead atoms. The number of benzene rings is 2. The maximum atomic E-state index is 12.3. The van der Waals surface area contributed by atoms with Crippen LogP contribution in [0.2, 0.25) is 0 Å². The van der Waals surface area contributed by atoms with Gasteiger partial charge in [0.1, 0.15) is 17.4 Å². The van der Waals surface area contributed by atoms with Gasteiger partial charge in [-0.05, 0) is 59.6 Å². The number of non-ortho nitro benzene ring substituents is 1. The maximum Gasteiger partial charge on any atom is 0.271 e. The number of anilines is 1. The predicted octanol–water partition coefficient (Wildman–Crippen LogP) is 4.69. The summed E-state index contributed by atoms with van der Waals surface area (Å²) in [6.07, 6.45) is 1.44. The van der Waals surface area contributed by atoms with E-state index >= 15 is 0 Å². The standard InChI is InChI=1S/C19H16BrN3O4/c1-12(2)27-18-7-6-13(9-17(18)20)8-14(11-21)19(24)22-15-4-3-5-16(10-15)23(25)26/h3-10,12H,1-2H3,(H,22,24). The molecule has 0 aliphatic rings. The Morgan fingerprint density at radius 2 is 2.07 bits per heavy atom. The average Bonchev–Trinajstić information content (AvgIpc) is 2.61. The number of hydrogen-bond acceptors (Lipinski definition) is 5. The van der Waals surface area contributed by atoms with Crippen LogP contribution in [0.5, 0.6) is 5.75 Å². The second-order valence-corrected chi connectivity index (χ2v) is 6.64. The number of hydrogen-bond donors (Lipinski definition) is 1. The molecule has 0 spiro atoms.